The van der Waals surface area contributed by atoms with E-state index in [1.54, 1.807) is 12.1 Å². The molecule has 3 rings (SSSR count). The van der Waals surface area contributed by atoms with Gasteiger partial charge < -0.3 is 10.8 Å². The summed E-state index contributed by atoms with van der Waals surface area (Å²) >= 11 is 0. The minimum Gasteiger partial charge on any atom is -0.478 e. The van der Waals surface area contributed by atoms with Gasteiger partial charge in [-0.15, -0.1) is 5.10 Å². The first-order valence-electron chi connectivity index (χ1n) is 6.72. The fourth-order valence-electron chi connectivity index (χ4n) is 1.76. The van der Waals surface area contributed by atoms with Crippen LogP contribution in [0.25, 0.3) is 5.82 Å². The minimum absolute atomic E-state index is 0.000290. The summed E-state index contributed by atoms with van der Waals surface area (Å²) in [5, 5.41) is 26.8. The third kappa shape index (κ3) is 3.47. The lowest BCUT2D eigenvalue weighted by Crippen LogP contribution is -2.18. The van der Waals surface area contributed by atoms with Crippen molar-refractivity contribution in [2.24, 2.45) is 5.10 Å². The van der Waals surface area contributed by atoms with Gasteiger partial charge >= 0.3 is 5.97 Å². The maximum absolute atomic E-state index is 11.9. The van der Waals surface area contributed by atoms with Crippen LogP contribution in [-0.2, 0) is 0 Å². The Bertz CT molecular complexity index is 943. The topological polar surface area (TPSA) is 174 Å². The molecule has 0 saturated heterocycles. The number of nitrogens with one attached hydrogen (secondary N) is 1. The molecule has 25 heavy (non-hydrogen) atoms. The number of nitrogen functional groups attached to an aromatic ring is 1. The normalized spacial score (nSPS) is 10.9. The Kier molecular flexibility index (Phi) is 4.15. The molecule has 1 aromatic carbocycles. The van der Waals surface area contributed by atoms with Crippen molar-refractivity contribution in [1.82, 2.24) is 30.7 Å². The van der Waals surface area contributed by atoms with Crippen molar-refractivity contribution in [3.63, 3.8) is 0 Å². The molecular formula is C13H10N8O4. The van der Waals surface area contributed by atoms with Crippen LogP contribution in [0.2, 0.25) is 0 Å². The van der Waals surface area contributed by atoms with E-state index < -0.39 is 11.9 Å². The second-order valence-corrected chi connectivity index (χ2v) is 4.65. The molecule has 1 amide bonds. The summed E-state index contributed by atoms with van der Waals surface area (Å²) in [7, 11) is 0. The van der Waals surface area contributed by atoms with Crippen LogP contribution in [0.15, 0.2) is 40.2 Å². The van der Waals surface area contributed by atoms with E-state index in [1.165, 1.54) is 24.5 Å². The van der Waals surface area contributed by atoms with Gasteiger partial charge in [-0.2, -0.15) is 9.78 Å². The van der Waals surface area contributed by atoms with E-state index in [9.17, 15) is 9.59 Å². The molecular weight excluding hydrogens is 332 g/mol. The largest absolute Gasteiger partial charge is 0.478 e. The number of nitrogens with two attached hydrogens (primary N) is 1. The molecule has 0 aliphatic heterocycles. The minimum atomic E-state index is -1.03. The third-order valence-electron chi connectivity index (χ3n) is 2.98. The van der Waals surface area contributed by atoms with Crippen molar-refractivity contribution in [3.05, 3.63) is 47.3 Å². The van der Waals surface area contributed by atoms with Gasteiger partial charge in [-0.25, -0.2) is 14.8 Å². The standard InChI is InChI=1S/C13H10N8O4/c14-10-11(19-25-18-10)21-6-9(16-20-21)12(22)17-15-5-7-1-3-8(4-2-7)13(23)24/h1-6H,(H2,14,18)(H,17,22)(H,23,24)/b15-5+. The summed E-state index contributed by atoms with van der Waals surface area (Å²) in [6, 6.07) is 5.95. The number of hydrogen-bond donors (Lipinski definition) is 3. The van der Waals surface area contributed by atoms with Crippen LogP contribution in [-0.4, -0.2) is 48.5 Å². The van der Waals surface area contributed by atoms with E-state index in [0.717, 1.165) is 4.68 Å². The lowest BCUT2D eigenvalue weighted by Gasteiger charge is -1.96. The van der Waals surface area contributed by atoms with Crippen LogP contribution in [0.4, 0.5) is 5.82 Å². The Labute approximate surface area is 138 Å². The number of rotatable bonds is 5. The lowest BCUT2D eigenvalue weighted by atomic mass is 10.1. The van der Waals surface area contributed by atoms with Crippen molar-refractivity contribution < 1.29 is 19.3 Å². The van der Waals surface area contributed by atoms with Gasteiger partial charge in [0.15, 0.2) is 5.69 Å². The molecule has 0 fully saturated rings. The molecule has 0 spiro atoms. The molecule has 0 aliphatic carbocycles. The fourth-order valence-corrected chi connectivity index (χ4v) is 1.76. The zero-order valence-electron chi connectivity index (χ0n) is 12.4. The number of amides is 1. The first-order valence-corrected chi connectivity index (χ1v) is 6.72. The average molecular weight is 342 g/mol. The second kappa shape index (κ2) is 6.57. The molecule has 3 aromatic rings. The Morgan fingerprint density at radius 2 is 2.04 bits per heavy atom. The molecule has 0 radical (unpaired) electrons. The number of nitrogens with zero attached hydrogens (tertiary/aromatic N) is 6. The van der Waals surface area contributed by atoms with Crippen molar-refractivity contribution in [2.75, 3.05) is 5.73 Å². The number of aromatic carboxylic acids is 1. The number of anilines is 1. The number of benzene rings is 1. The van der Waals surface area contributed by atoms with Crippen molar-refractivity contribution in [2.45, 2.75) is 0 Å². The van der Waals surface area contributed by atoms with E-state index in [4.69, 9.17) is 10.8 Å². The van der Waals surface area contributed by atoms with E-state index in [0.29, 0.717) is 5.56 Å². The molecule has 2 heterocycles. The zero-order chi connectivity index (χ0) is 17.8. The lowest BCUT2D eigenvalue weighted by molar-refractivity contribution is 0.0696. The molecule has 0 aliphatic rings. The van der Waals surface area contributed by atoms with E-state index >= 15 is 0 Å². The third-order valence-corrected chi connectivity index (χ3v) is 2.98. The van der Waals surface area contributed by atoms with Crippen LogP contribution in [0.3, 0.4) is 0 Å². The van der Waals surface area contributed by atoms with Gasteiger partial charge in [-0.3, -0.25) is 4.79 Å². The molecule has 2 aromatic heterocycles. The Balaban J connectivity index is 1.64. The Morgan fingerprint density at radius 1 is 1.28 bits per heavy atom. The summed E-state index contributed by atoms with van der Waals surface area (Å²) in [6.45, 7) is 0. The predicted octanol–water partition coefficient (Wildman–Crippen LogP) is -0.305. The van der Waals surface area contributed by atoms with Gasteiger partial charge in [0.25, 0.3) is 5.91 Å². The quantitative estimate of drug-likeness (QED) is 0.415. The van der Waals surface area contributed by atoms with Gasteiger partial charge in [-0.1, -0.05) is 17.3 Å². The van der Waals surface area contributed by atoms with E-state index in [1.807, 2.05) is 0 Å². The zero-order valence-corrected chi connectivity index (χ0v) is 12.4. The van der Waals surface area contributed by atoms with E-state index in [-0.39, 0.29) is 22.9 Å². The van der Waals surface area contributed by atoms with Crippen molar-refractivity contribution >= 4 is 23.9 Å². The Hall–Kier alpha value is -4.09. The highest BCUT2D eigenvalue weighted by molar-refractivity contribution is 5.93. The van der Waals surface area contributed by atoms with Gasteiger partial charge in [0, 0.05) is 0 Å². The highest BCUT2D eigenvalue weighted by Crippen LogP contribution is 2.09. The molecule has 12 heteroatoms. The number of carbonyl (C=O) groups is 2. The van der Waals surface area contributed by atoms with Crippen LogP contribution in [0.5, 0.6) is 0 Å². The summed E-state index contributed by atoms with van der Waals surface area (Å²) < 4.78 is 5.57. The predicted molar refractivity (Wildman–Crippen MR) is 82.1 cm³/mol. The summed E-state index contributed by atoms with van der Waals surface area (Å²) in [5.41, 5.74) is 8.51. The molecule has 126 valence electrons. The molecule has 0 bridgehead atoms. The van der Waals surface area contributed by atoms with Gasteiger partial charge in [-0.05, 0) is 28.0 Å². The van der Waals surface area contributed by atoms with Crippen molar-refractivity contribution in [1.29, 1.82) is 0 Å². The number of hydrogen-bond acceptors (Lipinski definition) is 9. The number of carbonyl (C=O) groups excluding carboxylic acids is 1. The number of aromatic nitrogens is 5. The highest BCUT2D eigenvalue weighted by Gasteiger charge is 2.15. The Morgan fingerprint density at radius 3 is 2.68 bits per heavy atom. The first kappa shape index (κ1) is 15.8. The van der Waals surface area contributed by atoms with Crippen LogP contribution in [0, 0.1) is 0 Å². The van der Waals surface area contributed by atoms with Gasteiger partial charge in [0.05, 0.1) is 18.0 Å². The van der Waals surface area contributed by atoms with Crippen molar-refractivity contribution in [3.8, 4) is 5.82 Å². The SMILES string of the molecule is Nc1nonc1-n1cc(C(=O)N/N=C/c2ccc(C(=O)O)cc2)nn1. The summed E-state index contributed by atoms with van der Waals surface area (Å²) in [6.07, 6.45) is 2.63. The smallest absolute Gasteiger partial charge is 0.335 e. The van der Waals surface area contributed by atoms with Crippen LogP contribution in [0.1, 0.15) is 26.4 Å². The summed E-state index contributed by atoms with van der Waals surface area (Å²) in [5.74, 6) is -1.53. The monoisotopic (exact) mass is 342 g/mol. The maximum atomic E-state index is 11.9. The van der Waals surface area contributed by atoms with E-state index in [2.05, 4.69) is 35.8 Å². The summed E-state index contributed by atoms with van der Waals surface area (Å²) in [4.78, 5) is 22.7. The number of carboxylic acids is 1. The van der Waals surface area contributed by atoms with Gasteiger partial charge in [0.1, 0.15) is 0 Å². The molecule has 4 N–H and O–H groups in total. The number of hydrazone groups is 1. The average Bonchev–Trinajstić information content (AvgIpc) is 3.24. The molecule has 0 unspecified atom stereocenters. The molecule has 12 nitrogen and oxygen atoms in total. The van der Waals surface area contributed by atoms with Gasteiger partial charge in [0.2, 0.25) is 11.6 Å². The maximum Gasteiger partial charge on any atom is 0.335 e. The van der Waals surface area contributed by atoms with Crippen LogP contribution < -0.4 is 11.2 Å². The molecule has 0 saturated carbocycles. The fraction of sp³-hybridized carbons (Fsp3) is 0. The highest BCUT2D eigenvalue weighted by atomic mass is 16.6. The molecule has 0 atom stereocenters. The first-order chi connectivity index (χ1) is 12.0. The second-order valence-electron chi connectivity index (χ2n) is 4.65. The van der Waals surface area contributed by atoms with Crippen LogP contribution >= 0.6 is 0 Å². The number of carboxylic acid groups (broad SMARTS) is 1.